The minimum absolute atomic E-state index is 0.0204. The zero-order valence-electron chi connectivity index (χ0n) is 10.6. The van der Waals surface area contributed by atoms with Crippen LogP contribution < -0.4 is 5.32 Å². The van der Waals surface area contributed by atoms with E-state index in [9.17, 15) is 8.78 Å². The highest BCUT2D eigenvalue weighted by Gasteiger charge is 2.09. The van der Waals surface area contributed by atoms with Gasteiger partial charge in [-0.3, -0.25) is 0 Å². The molecule has 1 heterocycles. The number of rotatable bonds is 5. The van der Waals surface area contributed by atoms with E-state index in [4.69, 9.17) is 0 Å². The highest BCUT2D eigenvalue weighted by molar-refractivity contribution is 5.58. The molecule has 0 fully saturated rings. The van der Waals surface area contributed by atoms with Crippen molar-refractivity contribution in [2.24, 2.45) is 0 Å². The lowest BCUT2D eigenvalue weighted by atomic mass is 10.1. The van der Waals surface area contributed by atoms with Gasteiger partial charge in [0.15, 0.2) is 5.82 Å². The number of alkyl halides is 2. The molecule has 0 aliphatic rings. The fourth-order valence-corrected chi connectivity index (χ4v) is 1.66. The molecule has 100 valence electrons. The van der Waals surface area contributed by atoms with Gasteiger partial charge in [-0.05, 0) is 18.6 Å². The third-order valence-corrected chi connectivity index (χ3v) is 2.61. The van der Waals surface area contributed by atoms with Crippen LogP contribution in [-0.4, -0.2) is 16.5 Å². The second kappa shape index (κ2) is 6.22. The lowest BCUT2D eigenvalue weighted by Gasteiger charge is -2.07. The Labute approximate surface area is 110 Å². The van der Waals surface area contributed by atoms with Crippen LogP contribution in [0.5, 0.6) is 0 Å². The van der Waals surface area contributed by atoms with E-state index in [1.165, 1.54) is 12.1 Å². The van der Waals surface area contributed by atoms with Crippen LogP contribution in [0.3, 0.4) is 0 Å². The summed E-state index contributed by atoms with van der Waals surface area (Å²) in [6.45, 7) is 2.87. The van der Waals surface area contributed by atoms with Crippen molar-refractivity contribution in [1.29, 1.82) is 0 Å². The Hall–Kier alpha value is -2.04. The molecule has 0 atom stereocenters. The van der Waals surface area contributed by atoms with Crippen molar-refractivity contribution >= 4 is 5.82 Å². The number of anilines is 1. The van der Waals surface area contributed by atoms with Crippen LogP contribution >= 0.6 is 0 Å². The lowest BCUT2D eigenvalue weighted by Crippen LogP contribution is -2.03. The molecule has 0 spiro atoms. The van der Waals surface area contributed by atoms with Crippen molar-refractivity contribution in [3.8, 4) is 11.4 Å². The van der Waals surface area contributed by atoms with Gasteiger partial charge in [-0.25, -0.2) is 18.7 Å². The van der Waals surface area contributed by atoms with Crippen LogP contribution in [0.4, 0.5) is 14.6 Å². The van der Waals surface area contributed by atoms with E-state index in [-0.39, 0.29) is 5.56 Å². The number of hydrogen-bond acceptors (Lipinski definition) is 3. The number of nitrogens with zero attached hydrogens (tertiary/aromatic N) is 2. The second-order valence-electron chi connectivity index (χ2n) is 4.12. The first kappa shape index (κ1) is 13.4. The fourth-order valence-electron chi connectivity index (χ4n) is 1.66. The topological polar surface area (TPSA) is 37.8 Å². The summed E-state index contributed by atoms with van der Waals surface area (Å²) in [6.07, 6.45) is 0.122. The van der Waals surface area contributed by atoms with E-state index < -0.39 is 6.43 Å². The van der Waals surface area contributed by atoms with Gasteiger partial charge < -0.3 is 5.32 Å². The predicted molar refractivity (Wildman–Crippen MR) is 71.2 cm³/mol. The van der Waals surface area contributed by atoms with Crippen molar-refractivity contribution in [3.05, 3.63) is 42.1 Å². The maximum Gasteiger partial charge on any atom is 0.263 e. The molecule has 0 radical (unpaired) electrons. The normalized spacial score (nSPS) is 10.7. The van der Waals surface area contributed by atoms with Gasteiger partial charge in [-0.2, -0.15) is 0 Å². The third kappa shape index (κ3) is 3.47. The number of halogens is 2. The molecule has 19 heavy (non-hydrogen) atoms. The summed E-state index contributed by atoms with van der Waals surface area (Å²) in [5.41, 5.74) is 0.575. The fraction of sp³-hybridized carbons (Fsp3) is 0.286. The van der Waals surface area contributed by atoms with Crippen LogP contribution in [0.15, 0.2) is 36.5 Å². The van der Waals surface area contributed by atoms with Gasteiger partial charge in [-0.1, -0.05) is 25.1 Å². The van der Waals surface area contributed by atoms with Crippen molar-refractivity contribution < 1.29 is 8.78 Å². The van der Waals surface area contributed by atoms with Crippen molar-refractivity contribution in [1.82, 2.24) is 9.97 Å². The number of aromatic nitrogens is 2. The zero-order valence-corrected chi connectivity index (χ0v) is 10.6. The Balaban J connectivity index is 2.28. The molecule has 2 aromatic rings. The first-order valence-corrected chi connectivity index (χ1v) is 6.16. The number of nitrogens with one attached hydrogen (secondary N) is 1. The molecule has 0 aliphatic heterocycles. The molecule has 0 amide bonds. The maximum absolute atomic E-state index is 12.7. The summed E-state index contributed by atoms with van der Waals surface area (Å²) in [5, 5.41) is 3.14. The average Bonchev–Trinajstić information content (AvgIpc) is 2.45. The zero-order chi connectivity index (χ0) is 13.7. The Morgan fingerprint density at radius 1 is 1.26 bits per heavy atom. The summed E-state index contributed by atoms with van der Waals surface area (Å²) in [7, 11) is 0. The highest BCUT2D eigenvalue weighted by atomic mass is 19.3. The minimum Gasteiger partial charge on any atom is -0.370 e. The van der Waals surface area contributed by atoms with Crippen molar-refractivity contribution in [3.63, 3.8) is 0 Å². The lowest BCUT2D eigenvalue weighted by molar-refractivity contribution is 0.151. The Kier molecular flexibility index (Phi) is 4.39. The first-order valence-electron chi connectivity index (χ1n) is 6.16. The molecule has 3 nitrogen and oxygen atoms in total. The monoisotopic (exact) mass is 263 g/mol. The van der Waals surface area contributed by atoms with Gasteiger partial charge >= 0.3 is 0 Å². The van der Waals surface area contributed by atoms with Gasteiger partial charge in [0.1, 0.15) is 5.82 Å². The predicted octanol–water partition coefficient (Wildman–Crippen LogP) is 3.90. The van der Waals surface area contributed by atoms with Crippen molar-refractivity contribution in [2.45, 2.75) is 19.8 Å². The molecule has 5 heteroatoms. The summed E-state index contributed by atoms with van der Waals surface area (Å²) in [4.78, 5) is 8.44. The van der Waals surface area contributed by atoms with E-state index in [2.05, 4.69) is 22.2 Å². The SMILES string of the molecule is CCCNc1ccnc(-c2cccc(C(F)F)c2)n1. The van der Waals surface area contributed by atoms with Gasteiger partial charge in [0, 0.05) is 23.9 Å². The summed E-state index contributed by atoms with van der Waals surface area (Å²) in [6, 6.07) is 7.89. The molecule has 1 aromatic carbocycles. The standard InChI is InChI=1S/C14H15F2N3/c1-2-7-17-12-6-8-18-14(19-12)11-5-3-4-10(9-11)13(15)16/h3-6,8-9,13H,2,7H2,1H3,(H,17,18,19). The maximum atomic E-state index is 12.7. The van der Waals surface area contributed by atoms with Crippen LogP contribution in [-0.2, 0) is 0 Å². The summed E-state index contributed by atoms with van der Waals surface area (Å²) < 4.78 is 25.3. The second-order valence-corrected chi connectivity index (χ2v) is 4.12. The summed E-state index contributed by atoms with van der Waals surface area (Å²) >= 11 is 0. The molecule has 1 aromatic heterocycles. The van der Waals surface area contributed by atoms with Gasteiger partial charge in [0.2, 0.25) is 0 Å². The Morgan fingerprint density at radius 2 is 2.11 bits per heavy atom. The molecule has 0 saturated heterocycles. The van der Waals surface area contributed by atoms with Gasteiger partial charge in [-0.15, -0.1) is 0 Å². The van der Waals surface area contributed by atoms with Gasteiger partial charge in [0.05, 0.1) is 0 Å². The molecule has 1 N–H and O–H groups in total. The smallest absolute Gasteiger partial charge is 0.263 e. The molecule has 0 unspecified atom stereocenters. The van der Waals surface area contributed by atoms with Gasteiger partial charge in [0.25, 0.3) is 6.43 Å². The molecule has 0 bridgehead atoms. The minimum atomic E-state index is -2.48. The molecule has 0 aliphatic carbocycles. The van der Waals surface area contributed by atoms with Crippen LogP contribution in [0.1, 0.15) is 25.3 Å². The molecular formula is C14H15F2N3. The molecular weight excluding hydrogens is 248 g/mol. The van der Waals surface area contributed by atoms with E-state index in [1.807, 2.05) is 0 Å². The third-order valence-electron chi connectivity index (χ3n) is 2.61. The number of benzene rings is 1. The average molecular weight is 263 g/mol. The Bertz CT molecular complexity index is 544. The van der Waals surface area contributed by atoms with Crippen molar-refractivity contribution in [2.75, 3.05) is 11.9 Å². The Morgan fingerprint density at radius 3 is 2.84 bits per heavy atom. The summed E-state index contributed by atoms with van der Waals surface area (Å²) in [5.74, 6) is 1.15. The quantitative estimate of drug-likeness (QED) is 0.889. The molecule has 2 rings (SSSR count). The van der Waals surface area contributed by atoms with Crippen LogP contribution in [0, 0.1) is 0 Å². The largest absolute Gasteiger partial charge is 0.370 e. The van der Waals surface area contributed by atoms with E-state index in [0.717, 1.165) is 13.0 Å². The van der Waals surface area contributed by atoms with Crippen LogP contribution in [0.2, 0.25) is 0 Å². The van der Waals surface area contributed by atoms with Crippen LogP contribution in [0.25, 0.3) is 11.4 Å². The first-order chi connectivity index (χ1) is 9.20. The highest BCUT2D eigenvalue weighted by Crippen LogP contribution is 2.24. The van der Waals surface area contributed by atoms with E-state index in [0.29, 0.717) is 17.2 Å². The number of hydrogen-bond donors (Lipinski definition) is 1. The van der Waals surface area contributed by atoms with E-state index in [1.54, 1.807) is 24.4 Å². The van der Waals surface area contributed by atoms with E-state index >= 15 is 0 Å². The molecule has 0 saturated carbocycles.